The lowest BCUT2D eigenvalue weighted by atomic mass is 9.86. The summed E-state index contributed by atoms with van der Waals surface area (Å²) in [6, 6.07) is 5.84. The molecule has 3 N–H and O–H groups in total. The Morgan fingerprint density at radius 2 is 2.09 bits per heavy atom. The minimum Gasteiger partial charge on any atom is -0.328 e. The number of anilines is 1. The van der Waals surface area contributed by atoms with Crippen molar-refractivity contribution in [2.24, 2.45) is 11.7 Å². The fraction of sp³-hybridized carbons (Fsp3) is 0.400. The second kappa shape index (κ2) is 9.17. The number of nitrogens with zero attached hydrogens (tertiary/aromatic N) is 2. The highest BCUT2D eigenvalue weighted by molar-refractivity contribution is 7.14. The molecule has 0 aromatic carbocycles. The Kier molecular flexibility index (Phi) is 7.91. The molecule has 23 heavy (non-hydrogen) atoms. The lowest BCUT2D eigenvalue weighted by molar-refractivity contribution is -0.120. The van der Waals surface area contributed by atoms with Gasteiger partial charge in [-0.3, -0.25) is 9.78 Å². The van der Waals surface area contributed by atoms with E-state index in [1.165, 1.54) is 11.3 Å². The first-order chi connectivity index (χ1) is 10.2. The number of pyridine rings is 1. The number of carbonyl (C=O) groups is 1. The van der Waals surface area contributed by atoms with Crippen LogP contribution in [0.1, 0.15) is 25.7 Å². The van der Waals surface area contributed by atoms with Gasteiger partial charge in [-0.25, -0.2) is 4.98 Å². The van der Waals surface area contributed by atoms with Crippen LogP contribution >= 0.6 is 36.2 Å². The van der Waals surface area contributed by atoms with Crippen molar-refractivity contribution in [3.05, 3.63) is 29.8 Å². The van der Waals surface area contributed by atoms with E-state index in [9.17, 15) is 4.79 Å². The summed E-state index contributed by atoms with van der Waals surface area (Å²) in [5.74, 6) is 0.0445. The number of thiazole rings is 1. The number of carbonyl (C=O) groups excluding carboxylic acids is 1. The molecule has 1 aliphatic carbocycles. The second-order valence-electron chi connectivity index (χ2n) is 5.37. The SMILES string of the molecule is Cl.Cl.NC1CCCC(C(=O)Nc2nc(-c3ccccn3)cs2)C1. The molecule has 1 saturated carbocycles. The Labute approximate surface area is 151 Å². The molecule has 8 heteroatoms. The molecule has 3 rings (SSSR count). The molecule has 0 radical (unpaired) electrons. The van der Waals surface area contributed by atoms with Gasteiger partial charge in [0.05, 0.1) is 5.69 Å². The minimum absolute atomic E-state index is 0. The van der Waals surface area contributed by atoms with Crippen LogP contribution in [-0.2, 0) is 4.79 Å². The Balaban J connectivity index is 0.00000132. The van der Waals surface area contributed by atoms with Gasteiger partial charge >= 0.3 is 0 Å². The Bertz CT molecular complexity index is 623. The van der Waals surface area contributed by atoms with Crippen molar-refractivity contribution in [3.8, 4) is 11.4 Å². The first kappa shape index (κ1) is 19.8. The van der Waals surface area contributed by atoms with Gasteiger partial charge in [-0.15, -0.1) is 36.2 Å². The molecule has 2 heterocycles. The van der Waals surface area contributed by atoms with Crippen molar-refractivity contribution in [1.29, 1.82) is 0 Å². The first-order valence-corrected chi connectivity index (χ1v) is 8.03. The van der Waals surface area contributed by atoms with Gasteiger partial charge in [0.15, 0.2) is 5.13 Å². The third kappa shape index (κ3) is 5.14. The van der Waals surface area contributed by atoms with E-state index in [-0.39, 0.29) is 42.7 Å². The summed E-state index contributed by atoms with van der Waals surface area (Å²) in [4.78, 5) is 20.9. The van der Waals surface area contributed by atoms with E-state index in [0.29, 0.717) is 5.13 Å². The number of nitrogens with two attached hydrogens (primary N) is 1. The van der Waals surface area contributed by atoms with E-state index in [0.717, 1.165) is 37.1 Å². The molecule has 1 fully saturated rings. The third-order valence-corrected chi connectivity index (χ3v) is 4.50. The van der Waals surface area contributed by atoms with E-state index >= 15 is 0 Å². The second-order valence-corrected chi connectivity index (χ2v) is 6.22. The van der Waals surface area contributed by atoms with Crippen LogP contribution in [0.5, 0.6) is 0 Å². The summed E-state index contributed by atoms with van der Waals surface area (Å²) in [7, 11) is 0. The molecule has 0 bridgehead atoms. The number of rotatable bonds is 3. The molecule has 126 valence electrons. The zero-order valence-electron chi connectivity index (χ0n) is 12.5. The lowest BCUT2D eigenvalue weighted by Gasteiger charge is -2.25. The van der Waals surface area contributed by atoms with Crippen LogP contribution < -0.4 is 11.1 Å². The molecule has 1 aliphatic rings. The highest BCUT2D eigenvalue weighted by atomic mass is 35.5. The van der Waals surface area contributed by atoms with E-state index in [1.54, 1.807) is 6.20 Å². The molecule has 2 unspecified atom stereocenters. The van der Waals surface area contributed by atoms with Gasteiger partial charge in [0.25, 0.3) is 0 Å². The van der Waals surface area contributed by atoms with Crippen LogP contribution in [0.4, 0.5) is 5.13 Å². The quantitative estimate of drug-likeness (QED) is 0.860. The maximum absolute atomic E-state index is 12.2. The summed E-state index contributed by atoms with van der Waals surface area (Å²) in [5.41, 5.74) is 7.54. The van der Waals surface area contributed by atoms with Crippen molar-refractivity contribution in [1.82, 2.24) is 9.97 Å². The zero-order chi connectivity index (χ0) is 14.7. The summed E-state index contributed by atoms with van der Waals surface area (Å²) >= 11 is 1.42. The van der Waals surface area contributed by atoms with Gasteiger partial charge in [-0.1, -0.05) is 12.5 Å². The Morgan fingerprint density at radius 1 is 1.26 bits per heavy atom. The highest BCUT2D eigenvalue weighted by Crippen LogP contribution is 2.27. The van der Waals surface area contributed by atoms with Gasteiger partial charge in [0.2, 0.25) is 5.91 Å². The van der Waals surface area contributed by atoms with Crippen molar-refractivity contribution in [2.75, 3.05) is 5.32 Å². The topological polar surface area (TPSA) is 80.9 Å². The van der Waals surface area contributed by atoms with E-state index in [2.05, 4.69) is 15.3 Å². The third-order valence-electron chi connectivity index (χ3n) is 3.75. The van der Waals surface area contributed by atoms with Crippen LogP contribution in [0, 0.1) is 5.92 Å². The molecule has 0 spiro atoms. The lowest BCUT2D eigenvalue weighted by Crippen LogP contribution is -2.34. The molecule has 1 amide bonds. The van der Waals surface area contributed by atoms with Gasteiger partial charge in [0.1, 0.15) is 5.69 Å². The standard InChI is InChI=1S/C15H18N4OS.2ClH/c16-11-5-3-4-10(8-11)14(20)19-15-18-13(9-21-15)12-6-1-2-7-17-12;;/h1-2,6-7,9-11H,3-5,8,16H2,(H,18,19,20);2*1H. The van der Waals surface area contributed by atoms with Gasteiger partial charge < -0.3 is 11.1 Å². The van der Waals surface area contributed by atoms with Crippen LogP contribution in [0.3, 0.4) is 0 Å². The fourth-order valence-corrected chi connectivity index (χ4v) is 3.34. The average Bonchev–Trinajstić information content (AvgIpc) is 2.97. The molecule has 2 aromatic heterocycles. The fourth-order valence-electron chi connectivity index (χ4n) is 2.64. The number of amides is 1. The predicted octanol–water partition coefficient (Wildman–Crippen LogP) is 3.50. The molecule has 2 aromatic rings. The van der Waals surface area contributed by atoms with Crippen molar-refractivity contribution < 1.29 is 4.79 Å². The van der Waals surface area contributed by atoms with Crippen molar-refractivity contribution >= 4 is 47.2 Å². The van der Waals surface area contributed by atoms with Crippen molar-refractivity contribution in [2.45, 2.75) is 31.7 Å². The number of halogens is 2. The summed E-state index contributed by atoms with van der Waals surface area (Å²) in [6.07, 6.45) is 5.46. The largest absolute Gasteiger partial charge is 0.328 e. The first-order valence-electron chi connectivity index (χ1n) is 7.16. The van der Waals surface area contributed by atoms with Gasteiger partial charge in [-0.05, 0) is 31.4 Å². The zero-order valence-corrected chi connectivity index (χ0v) is 14.9. The van der Waals surface area contributed by atoms with E-state index < -0.39 is 0 Å². The van der Waals surface area contributed by atoms with E-state index in [4.69, 9.17) is 5.73 Å². The summed E-state index contributed by atoms with van der Waals surface area (Å²) < 4.78 is 0. The van der Waals surface area contributed by atoms with Gasteiger partial charge in [-0.2, -0.15) is 0 Å². The summed E-state index contributed by atoms with van der Waals surface area (Å²) in [5, 5.41) is 5.44. The van der Waals surface area contributed by atoms with Crippen molar-refractivity contribution in [3.63, 3.8) is 0 Å². The number of aromatic nitrogens is 2. The normalized spacial score (nSPS) is 20.0. The smallest absolute Gasteiger partial charge is 0.229 e. The molecule has 0 aliphatic heterocycles. The molecule has 5 nitrogen and oxygen atoms in total. The van der Waals surface area contributed by atoms with Crippen LogP contribution in [0.15, 0.2) is 29.8 Å². The maximum atomic E-state index is 12.2. The highest BCUT2D eigenvalue weighted by Gasteiger charge is 2.25. The molecular formula is C15H20Cl2N4OS. The minimum atomic E-state index is 0. The van der Waals surface area contributed by atoms with Gasteiger partial charge in [0, 0.05) is 23.5 Å². The number of hydrogen-bond acceptors (Lipinski definition) is 5. The molecular weight excluding hydrogens is 355 g/mol. The number of hydrogen-bond donors (Lipinski definition) is 2. The average molecular weight is 375 g/mol. The monoisotopic (exact) mass is 374 g/mol. The Hall–Kier alpha value is -1.21. The van der Waals surface area contributed by atoms with Crippen LogP contribution in [0.25, 0.3) is 11.4 Å². The van der Waals surface area contributed by atoms with E-state index in [1.807, 2.05) is 23.6 Å². The molecule has 0 saturated heterocycles. The Morgan fingerprint density at radius 3 is 2.78 bits per heavy atom. The predicted molar refractivity (Wildman–Crippen MR) is 98.4 cm³/mol. The number of nitrogens with one attached hydrogen (secondary N) is 1. The maximum Gasteiger partial charge on any atom is 0.229 e. The summed E-state index contributed by atoms with van der Waals surface area (Å²) in [6.45, 7) is 0. The van der Waals surface area contributed by atoms with Crippen LogP contribution in [-0.4, -0.2) is 21.9 Å². The molecule has 2 atom stereocenters. The van der Waals surface area contributed by atoms with Crippen LogP contribution in [0.2, 0.25) is 0 Å².